The number of benzene rings is 1. The number of amides is 2. The quantitative estimate of drug-likeness (QED) is 0.602. The van der Waals surface area contributed by atoms with Crippen molar-refractivity contribution in [3.05, 3.63) is 35.4 Å². The van der Waals surface area contributed by atoms with Crippen LogP contribution in [0.1, 0.15) is 54.4 Å². The first-order valence-electron chi connectivity index (χ1n) is 9.72. The molecule has 140 valence electrons. The second kappa shape index (κ2) is 8.47. The SMILES string of the molecule is Cc1ccc(C(=O)C(=O)N2CCN(C(=O)CCC3CCCC3)CC2)cc1. The number of Topliss-reactive ketones (excluding diaryl/α,β-unsaturated/α-hetero) is 1. The molecule has 0 spiro atoms. The summed E-state index contributed by atoms with van der Waals surface area (Å²) in [7, 11) is 0. The van der Waals surface area contributed by atoms with Gasteiger partial charge in [0.05, 0.1) is 0 Å². The van der Waals surface area contributed by atoms with Gasteiger partial charge in [-0.15, -0.1) is 0 Å². The van der Waals surface area contributed by atoms with E-state index in [1.54, 1.807) is 17.0 Å². The van der Waals surface area contributed by atoms with Gasteiger partial charge in [0, 0.05) is 38.2 Å². The number of nitrogens with zero attached hydrogens (tertiary/aromatic N) is 2. The summed E-state index contributed by atoms with van der Waals surface area (Å²) in [6.07, 6.45) is 6.72. The highest BCUT2D eigenvalue weighted by Gasteiger charge is 2.28. The second-order valence-corrected chi connectivity index (χ2v) is 7.56. The summed E-state index contributed by atoms with van der Waals surface area (Å²) >= 11 is 0. The summed E-state index contributed by atoms with van der Waals surface area (Å²) in [6.45, 7) is 3.86. The topological polar surface area (TPSA) is 57.7 Å². The number of piperazine rings is 1. The molecule has 0 N–H and O–H groups in total. The largest absolute Gasteiger partial charge is 0.339 e. The van der Waals surface area contributed by atoms with Gasteiger partial charge in [-0.1, -0.05) is 55.5 Å². The first kappa shape index (κ1) is 18.6. The van der Waals surface area contributed by atoms with Crippen LogP contribution in [0, 0.1) is 12.8 Å². The second-order valence-electron chi connectivity index (χ2n) is 7.56. The van der Waals surface area contributed by atoms with E-state index in [0.29, 0.717) is 44.1 Å². The molecule has 1 aliphatic heterocycles. The van der Waals surface area contributed by atoms with Gasteiger partial charge in [0.2, 0.25) is 11.7 Å². The lowest BCUT2D eigenvalue weighted by molar-refractivity contribution is -0.137. The monoisotopic (exact) mass is 356 g/mol. The lowest BCUT2D eigenvalue weighted by Crippen LogP contribution is -2.52. The van der Waals surface area contributed by atoms with Crippen LogP contribution in [0.3, 0.4) is 0 Å². The number of hydrogen-bond donors (Lipinski definition) is 0. The maximum Gasteiger partial charge on any atom is 0.295 e. The van der Waals surface area contributed by atoms with E-state index in [4.69, 9.17) is 0 Å². The van der Waals surface area contributed by atoms with Gasteiger partial charge in [-0.2, -0.15) is 0 Å². The predicted octanol–water partition coefficient (Wildman–Crippen LogP) is 2.82. The molecule has 26 heavy (non-hydrogen) atoms. The molecule has 1 heterocycles. The van der Waals surface area contributed by atoms with Crippen LogP contribution >= 0.6 is 0 Å². The molecule has 3 rings (SSSR count). The summed E-state index contributed by atoms with van der Waals surface area (Å²) in [5, 5.41) is 0. The Balaban J connectivity index is 1.46. The Morgan fingerprint density at radius 3 is 2.12 bits per heavy atom. The molecule has 2 fully saturated rings. The minimum Gasteiger partial charge on any atom is -0.339 e. The van der Waals surface area contributed by atoms with Crippen LogP contribution in [0.25, 0.3) is 0 Å². The van der Waals surface area contributed by atoms with Crippen LogP contribution in [-0.4, -0.2) is 53.6 Å². The van der Waals surface area contributed by atoms with Gasteiger partial charge in [-0.25, -0.2) is 0 Å². The first-order valence-corrected chi connectivity index (χ1v) is 9.72. The van der Waals surface area contributed by atoms with Crippen LogP contribution in [0.15, 0.2) is 24.3 Å². The Hall–Kier alpha value is -2.17. The molecule has 1 aliphatic carbocycles. The molecule has 0 bridgehead atoms. The Labute approximate surface area is 155 Å². The van der Waals surface area contributed by atoms with Gasteiger partial charge in [-0.05, 0) is 19.3 Å². The Kier molecular flexibility index (Phi) is 6.07. The van der Waals surface area contributed by atoms with E-state index >= 15 is 0 Å². The van der Waals surface area contributed by atoms with Crippen LogP contribution in [0.4, 0.5) is 0 Å². The fourth-order valence-corrected chi connectivity index (χ4v) is 3.92. The molecule has 1 aromatic rings. The lowest BCUT2D eigenvalue weighted by Gasteiger charge is -2.34. The highest BCUT2D eigenvalue weighted by Crippen LogP contribution is 2.28. The van der Waals surface area contributed by atoms with Crippen LogP contribution in [-0.2, 0) is 9.59 Å². The molecule has 2 amide bonds. The highest BCUT2D eigenvalue weighted by atomic mass is 16.2. The predicted molar refractivity (Wildman–Crippen MR) is 99.9 cm³/mol. The molecule has 2 aliphatic rings. The number of rotatable bonds is 5. The van der Waals surface area contributed by atoms with Crippen LogP contribution in [0.2, 0.25) is 0 Å². The highest BCUT2D eigenvalue weighted by molar-refractivity contribution is 6.42. The fraction of sp³-hybridized carbons (Fsp3) is 0.571. The van der Waals surface area contributed by atoms with Crippen molar-refractivity contribution in [1.82, 2.24) is 9.80 Å². The zero-order valence-electron chi connectivity index (χ0n) is 15.6. The summed E-state index contributed by atoms with van der Waals surface area (Å²) in [5.41, 5.74) is 1.48. The van der Waals surface area contributed by atoms with E-state index in [2.05, 4.69) is 0 Å². The van der Waals surface area contributed by atoms with E-state index in [0.717, 1.165) is 12.0 Å². The Bertz CT molecular complexity index is 654. The molecule has 0 aromatic heterocycles. The summed E-state index contributed by atoms with van der Waals surface area (Å²) in [5.74, 6) is -0.0271. The van der Waals surface area contributed by atoms with Gasteiger partial charge in [0.25, 0.3) is 5.91 Å². The smallest absolute Gasteiger partial charge is 0.295 e. The molecule has 0 atom stereocenters. The standard InChI is InChI=1S/C21H28N2O3/c1-16-6-9-18(10-7-16)20(25)21(26)23-14-12-22(13-15-23)19(24)11-8-17-4-2-3-5-17/h6-7,9-10,17H,2-5,8,11-15H2,1H3. The van der Waals surface area contributed by atoms with Gasteiger partial charge >= 0.3 is 0 Å². The average molecular weight is 356 g/mol. The zero-order chi connectivity index (χ0) is 18.5. The normalized spacial score (nSPS) is 18.2. The molecule has 1 saturated heterocycles. The first-order chi connectivity index (χ1) is 12.5. The van der Waals surface area contributed by atoms with Gasteiger partial charge < -0.3 is 9.80 Å². The summed E-state index contributed by atoms with van der Waals surface area (Å²) < 4.78 is 0. The van der Waals surface area contributed by atoms with Crippen molar-refractivity contribution < 1.29 is 14.4 Å². The van der Waals surface area contributed by atoms with Crippen LogP contribution in [0.5, 0.6) is 0 Å². The van der Waals surface area contributed by atoms with E-state index < -0.39 is 11.7 Å². The molecule has 0 radical (unpaired) electrons. The minimum atomic E-state index is -0.467. The van der Waals surface area contributed by atoms with Gasteiger partial charge in [0.1, 0.15) is 0 Å². The maximum absolute atomic E-state index is 12.4. The van der Waals surface area contributed by atoms with Gasteiger partial charge in [0.15, 0.2) is 0 Å². The molecule has 0 unspecified atom stereocenters. The summed E-state index contributed by atoms with van der Waals surface area (Å²) in [4.78, 5) is 40.6. The third-order valence-electron chi connectivity index (χ3n) is 5.67. The van der Waals surface area contributed by atoms with Gasteiger partial charge in [-0.3, -0.25) is 14.4 Å². The molecule has 5 heteroatoms. The number of carbonyl (C=O) groups excluding carboxylic acids is 3. The van der Waals surface area contributed by atoms with E-state index in [1.165, 1.54) is 25.7 Å². The minimum absolute atomic E-state index is 0.189. The summed E-state index contributed by atoms with van der Waals surface area (Å²) in [6, 6.07) is 7.06. The van der Waals surface area contributed by atoms with Crippen molar-refractivity contribution in [2.24, 2.45) is 5.92 Å². The Morgan fingerprint density at radius 1 is 0.923 bits per heavy atom. The lowest BCUT2D eigenvalue weighted by atomic mass is 10.0. The third-order valence-corrected chi connectivity index (χ3v) is 5.67. The number of ketones is 1. The van der Waals surface area contributed by atoms with Crippen LogP contribution < -0.4 is 0 Å². The van der Waals surface area contributed by atoms with E-state index in [9.17, 15) is 14.4 Å². The van der Waals surface area contributed by atoms with Crippen molar-refractivity contribution >= 4 is 17.6 Å². The third kappa shape index (κ3) is 4.51. The average Bonchev–Trinajstić information content (AvgIpc) is 3.19. The number of aryl methyl sites for hydroxylation is 1. The molecular formula is C21H28N2O3. The Morgan fingerprint density at radius 2 is 1.50 bits per heavy atom. The van der Waals surface area contributed by atoms with E-state index in [1.807, 2.05) is 24.0 Å². The van der Waals surface area contributed by atoms with Crippen molar-refractivity contribution in [3.63, 3.8) is 0 Å². The number of hydrogen-bond acceptors (Lipinski definition) is 3. The molecule has 1 saturated carbocycles. The maximum atomic E-state index is 12.4. The zero-order valence-corrected chi connectivity index (χ0v) is 15.6. The van der Waals surface area contributed by atoms with E-state index in [-0.39, 0.29) is 5.91 Å². The van der Waals surface area contributed by atoms with Crippen molar-refractivity contribution in [1.29, 1.82) is 0 Å². The van der Waals surface area contributed by atoms with Crippen molar-refractivity contribution in [2.75, 3.05) is 26.2 Å². The fourth-order valence-electron chi connectivity index (χ4n) is 3.92. The molecule has 1 aromatic carbocycles. The van der Waals surface area contributed by atoms with Crippen molar-refractivity contribution in [3.8, 4) is 0 Å². The van der Waals surface area contributed by atoms with Crippen molar-refractivity contribution in [2.45, 2.75) is 45.4 Å². The molecule has 5 nitrogen and oxygen atoms in total. The number of carbonyl (C=O) groups is 3. The molecular weight excluding hydrogens is 328 g/mol.